The molecule has 0 aliphatic heterocycles. The van der Waals surface area contributed by atoms with E-state index in [9.17, 15) is 15.2 Å². The molecule has 3 aromatic rings. The van der Waals surface area contributed by atoms with Crippen LogP contribution < -0.4 is 0 Å². The molecule has 0 fully saturated rings. The van der Waals surface area contributed by atoms with Crippen LogP contribution in [-0.4, -0.2) is 27.7 Å². The van der Waals surface area contributed by atoms with Crippen molar-refractivity contribution in [3.63, 3.8) is 0 Å². The van der Waals surface area contributed by atoms with Crippen molar-refractivity contribution >= 4 is 22.6 Å². The van der Waals surface area contributed by atoms with E-state index in [1.165, 1.54) is 0 Å². The Hall–Kier alpha value is -3.59. The smallest absolute Gasteiger partial charge is 0.338 e. The van der Waals surface area contributed by atoms with Gasteiger partial charge in [0.25, 0.3) is 0 Å². The van der Waals surface area contributed by atoms with Gasteiger partial charge in [-0.2, -0.15) is 5.26 Å². The maximum atomic E-state index is 12.2. The molecule has 0 saturated heterocycles. The van der Waals surface area contributed by atoms with Gasteiger partial charge in [0.15, 0.2) is 11.6 Å². The summed E-state index contributed by atoms with van der Waals surface area (Å²) in [5.41, 5.74) is 3.50. The van der Waals surface area contributed by atoms with Crippen molar-refractivity contribution < 1.29 is 14.6 Å². The van der Waals surface area contributed by atoms with E-state index in [4.69, 9.17) is 4.74 Å². The van der Waals surface area contributed by atoms with Crippen molar-refractivity contribution in [3.05, 3.63) is 70.7 Å². The quantitative estimate of drug-likeness (QED) is 0.424. The number of ether oxygens (including phenoxy) is 1. The SMILES string of the molecule is Cc1ccc(C)c(C(=O)OC/C(O)=C(\C#N)c2nc3ccccc3[nH]2)c1. The number of para-hydroxylation sites is 2. The van der Waals surface area contributed by atoms with Crippen molar-refractivity contribution in [1.82, 2.24) is 9.97 Å². The van der Waals surface area contributed by atoms with Gasteiger partial charge in [0.2, 0.25) is 0 Å². The van der Waals surface area contributed by atoms with Crippen LogP contribution in [0.5, 0.6) is 0 Å². The van der Waals surface area contributed by atoms with E-state index >= 15 is 0 Å². The third-order valence-corrected chi connectivity index (χ3v) is 3.98. The lowest BCUT2D eigenvalue weighted by Gasteiger charge is -2.08. The molecule has 1 aromatic heterocycles. The van der Waals surface area contributed by atoms with Crippen LogP contribution in [0.4, 0.5) is 0 Å². The van der Waals surface area contributed by atoms with E-state index in [2.05, 4.69) is 9.97 Å². The molecule has 0 spiro atoms. The first kappa shape index (κ1) is 17.2. The van der Waals surface area contributed by atoms with Gasteiger partial charge in [-0.3, -0.25) is 0 Å². The molecule has 3 rings (SSSR count). The van der Waals surface area contributed by atoms with Crippen LogP contribution in [0.1, 0.15) is 27.3 Å². The number of benzene rings is 2. The molecule has 2 N–H and O–H groups in total. The third-order valence-electron chi connectivity index (χ3n) is 3.98. The monoisotopic (exact) mass is 347 g/mol. The second-order valence-electron chi connectivity index (χ2n) is 5.93. The fourth-order valence-corrected chi connectivity index (χ4v) is 2.56. The summed E-state index contributed by atoms with van der Waals surface area (Å²) >= 11 is 0. The molecule has 6 heteroatoms. The van der Waals surface area contributed by atoms with Crippen molar-refractivity contribution in [2.45, 2.75) is 13.8 Å². The Kier molecular flexibility index (Phi) is 4.72. The fourth-order valence-electron chi connectivity index (χ4n) is 2.56. The number of rotatable bonds is 4. The zero-order chi connectivity index (χ0) is 18.7. The normalized spacial score (nSPS) is 11.7. The minimum absolute atomic E-state index is 0.0602. The van der Waals surface area contributed by atoms with Gasteiger partial charge in [0.1, 0.15) is 18.2 Å². The van der Waals surface area contributed by atoms with Gasteiger partial charge in [-0.15, -0.1) is 0 Å². The van der Waals surface area contributed by atoms with Gasteiger partial charge in [0, 0.05) is 0 Å². The minimum Gasteiger partial charge on any atom is -0.507 e. The number of aliphatic hydroxyl groups is 1. The molecule has 0 unspecified atom stereocenters. The molecule has 0 atom stereocenters. The molecule has 26 heavy (non-hydrogen) atoms. The first-order chi connectivity index (χ1) is 12.5. The lowest BCUT2D eigenvalue weighted by atomic mass is 10.1. The third kappa shape index (κ3) is 3.42. The topological polar surface area (TPSA) is 99.0 Å². The molecule has 0 saturated carbocycles. The maximum Gasteiger partial charge on any atom is 0.338 e. The number of H-pyrrole nitrogens is 1. The summed E-state index contributed by atoms with van der Waals surface area (Å²) in [4.78, 5) is 19.5. The average Bonchev–Trinajstić information content (AvgIpc) is 3.06. The summed E-state index contributed by atoms with van der Waals surface area (Å²) in [5.74, 6) is -0.682. The van der Waals surface area contributed by atoms with E-state index in [0.717, 1.165) is 16.6 Å². The van der Waals surface area contributed by atoms with Crippen molar-refractivity contribution in [2.75, 3.05) is 6.61 Å². The number of aryl methyl sites for hydroxylation is 2. The van der Waals surface area contributed by atoms with Gasteiger partial charge >= 0.3 is 5.97 Å². The van der Waals surface area contributed by atoms with E-state index in [1.807, 2.05) is 43.3 Å². The van der Waals surface area contributed by atoms with Crippen molar-refractivity contribution in [2.24, 2.45) is 0 Å². The van der Waals surface area contributed by atoms with Crippen LogP contribution in [0.15, 0.2) is 48.2 Å². The number of aromatic amines is 1. The zero-order valence-corrected chi connectivity index (χ0v) is 14.4. The number of fused-ring (bicyclic) bond motifs is 1. The average molecular weight is 347 g/mol. The van der Waals surface area contributed by atoms with Gasteiger partial charge < -0.3 is 14.8 Å². The summed E-state index contributed by atoms with van der Waals surface area (Å²) in [7, 11) is 0. The van der Waals surface area contributed by atoms with Crippen LogP contribution >= 0.6 is 0 Å². The number of aliphatic hydroxyl groups excluding tert-OH is 1. The molecule has 0 aliphatic carbocycles. The molecule has 2 aromatic carbocycles. The lowest BCUT2D eigenvalue weighted by Crippen LogP contribution is -2.11. The second kappa shape index (κ2) is 7.11. The summed E-state index contributed by atoms with van der Waals surface area (Å²) < 4.78 is 5.16. The number of nitrogens with zero attached hydrogens (tertiary/aromatic N) is 2. The number of aromatic nitrogens is 2. The highest BCUT2D eigenvalue weighted by Gasteiger charge is 2.16. The van der Waals surface area contributed by atoms with Crippen LogP contribution in [0.2, 0.25) is 0 Å². The standard InChI is InChI=1S/C20H17N3O3/c1-12-7-8-13(2)14(9-12)20(25)26-11-18(24)15(10-21)19-22-16-5-3-4-6-17(16)23-19/h3-9,24H,11H2,1-2H3,(H,22,23)/b18-15-. The Morgan fingerprint density at radius 2 is 2.04 bits per heavy atom. The molecule has 0 aliphatic rings. The van der Waals surface area contributed by atoms with E-state index < -0.39 is 12.6 Å². The van der Waals surface area contributed by atoms with Crippen molar-refractivity contribution in [1.29, 1.82) is 5.26 Å². The number of imidazole rings is 1. The molecule has 0 amide bonds. The molecule has 1 heterocycles. The Labute approximate surface area is 150 Å². The largest absolute Gasteiger partial charge is 0.507 e. The van der Waals surface area contributed by atoms with Gasteiger partial charge in [0.05, 0.1) is 16.6 Å². The Morgan fingerprint density at radius 1 is 1.27 bits per heavy atom. The van der Waals surface area contributed by atoms with E-state index in [1.54, 1.807) is 19.1 Å². The fraction of sp³-hybridized carbons (Fsp3) is 0.150. The maximum absolute atomic E-state index is 12.2. The summed E-state index contributed by atoms with van der Waals surface area (Å²) in [6, 6.07) is 14.6. The molecule has 0 radical (unpaired) electrons. The highest BCUT2D eigenvalue weighted by Crippen LogP contribution is 2.19. The number of allylic oxidation sites excluding steroid dienone is 1. The highest BCUT2D eigenvalue weighted by molar-refractivity contribution is 5.91. The number of carbonyl (C=O) groups excluding carboxylic acids is 1. The Morgan fingerprint density at radius 3 is 2.77 bits per heavy atom. The number of nitrogens with one attached hydrogen (secondary N) is 1. The predicted molar refractivity (Wildman–Crippen MR) is 97.5 cm³/mol. The minimum atomic E-state index is -0.556. The summed E-state index contributed by atoms with van der Waals surface area (Å²) in [5, 5.41) is 19.6. The highest BCUT2D eigenvalue weighted by atomic mass is 16.5. The van der Waals surface area contributed by atoms with Gasteiger partial charge in [-0.25, -0.2) is 9.78 Å². The second-order valence-corrected chi connectivity index (χ2v) is 5.93. The van der Waals surface area contributed by atoms with Crippen LogP contribution in [0.25, 0.3) is 16.6 Å². The Balaban J connectivity index is 1.82. The first-order valence-electron chi connectivity index (χ1n) is 8.01. The summed E-state index contributed by atoms with van der Waals surface area (Å²) in [6.45, 7) is 3.27. The first-order valence-corrected chi connectivity index (χ1v) is 8.01. The lowest BCUT2D eigenvalue weighted by molar-refractivity contribution is 0.0502. The molecule has 6 nitrogen and oxygen atoms in total. The number of esters is 1. The van der Waals surface area contributed by atoms with Gasteiger partial charge in [-0.1, -0.05) is 29.8 Å². The molecular formula is C20H17N3O3. The van der Waals surface area contributed by atoms with E-state index in [0.29, 0.717) is 11.1 Å². The van der Waals surface area contributed by atoms with Crippen LogP contribution in [-0.2, 0) is 4.74 Å². The Bertz CT molecular complexity index is 1020. The number of hydrogen-bond donors (Lipinski definition) is 2. The molecule has 130 valence electrons. The molecule has 0 bridgehead atoms. The number of nitriles is 1. The number of carbonyl (C=O) groups is 1. The van der Waals surface area contributed by atoms with Crippen molar-refractivity contribution in [3.8, 4) is 6.07 Å². The predicted octanol–water partition coefficient (Wildman–Crippen LogP) is 3.83. The zero-order valence-electron chi connectivity index (χ0n) is 14.4. The summed E-state index contributed by atoms with van der Waals surface area (Å²) in [6.07, 6.45) is 0. The van der Waals surface area contributed by atoms with Gasteiger partial charge in [-0.05, 0) is 37.6 Å². The number of hydrogen-bond acceptors (Lipinski definition) is 5. The van der Waals surface area contributed by atoms with Crippen LogP contribution in [0.3, 0.4) is 0 Å². The van der Waals surface area contributed by atoms with Crippen LogP contribution in [0, 0.1) is 25.2 Å². The van der Waals surface area contributed by atoms with E-state index in [-0.39, 0.29) is 17.2 Å². The molecular weight excluding hydrogens is 330 g/mol.